The lowest BCUT2D eigenvalue weighted by molar-refractivity contribution is -0.136. The lowest BCUT2D eigenvalue weighted by Crippen LogP contribution is -2.54. The number of allylic oxidation sites excluding steroid dienone is 1. The minimum Gasteiger partial charge on any atom is -0.492 e. The van der Waals surface area contributed by atoms with E-state index in [1.54, 1.807) is 30.1 Å². The summed E-state index contributed by atoms with van der Waals surface area (Å²) < 4.78 is 33.9. The number of hydrogen-bond donors (Lipinski definition) is 2. The summed E-state index contributed by atoms with van der Waals surface area (Å²) in [5, 5.41) is 5.34. The molecule has 356 valence electrons. The van der Waals surface area contributed by atoms with Crippen molar-refractivity contribution in [1.29, 1.82) is 0 Å². The van der Waals surface area contributed by atoms with Crippen molar-refractivity contribution >= 4 is 58.0 Å². The minimum absolute atomic E-state index is 0.0311. The van der Waals surface area contributed by atoms with Gasteiger partial charge >= 0.3 is 0 Å². The Hall–Kier alpha value is -5.94. The van der Waals surface area contributed by atoms with Crippen molar-refractivity contribution in [3.05, 3.63) is 131 Å². The fraction of sp³-hybridized carbons (Fsp3) is 0.392. The molecule has 67 heavy (non-hydrogen) atoms. The van der Waals surface area contributed by atoms with E-state index in [1.165, 1.54) is 5.57 Å². The number of imide groups is 2. The van der Waals surface area contributed by atoms with Gasteiger partial charge in [-0.1, -0.05) is 78.9 Å². The van der Waals surface area contributed by atoms with Gasteiger partial charge in [0.15, 0.2) is 0 Å². The molecule has 15 nitrogen and oxygen atoms in total. The molecule has 0 spiro atoms. The lowest BCUT2D eigenvalue weighted by Gasteiger charge is -2.27. The van der Waals surface area contributed by atoms with Crippen LogP contribution in [-0.2, 0) is 38.1 Å². The van der Waals surface area contributed by atoms with Crippen LogP contribution in [0.15, 0.2) is 103 Å². The van der Waals surface area contributed by atoms with Crippen molar-refractivity contribution < 1.29 is 52.4 Å². The molecule has 1 fully saturated rings. The van der Waals surface area contributed by atoms with Gasteiger partial charge in [0, 0.05) is 31.6 Å². The van der Waals surface area contributed by atoms with Gasteiger partial charge in [-0.3, -0.25) is 34.2 Å². The molecule has 16 heteroatoms. The number of amides is 5. The van der Waals surface area contributed by atoms with Crippen molar-refractivity contribution in [2.45, 2.75) is 31.7 Å². The average Bonchev–Trinajstić information content (AvgIpc) is 3.60. The van der Waals surface area contributed by atoms with E-state index in [1.807, 2.05) is 48.5 Å². The number of anilines is 1. The van der Waals surface area contributed by atoms with E-state index in [2.05, 4.69) is 47.0 Å². The summed E-state index contributed by atoms with van der Waals surface area (Å²) in [5.41, 5.74) is 6.53. The normalized spacial score (nSPS) is 15.0. The minimum atomic E-state index is -1.02. The van der Waals surface area contributed by atoms with Gasteiger partial charge < -0.3 is 38.6 Å². The Labute approximate surface area is 396 Å². The van der Waals surface area contributed by atoms with Gasteiger partial charge in [-0.05, 0) is 64.9 Å². The van der Waals surface area contributed by atoms with E-state index in [0.29, 0.717) is 97.3 Å². The number of likely N-dealkylation sites (N-methyl/N-ethyl adjacent to an activating group) is 1. The van der Waals surface area contributed by atoms with Gasteiger partial charge in [-0.25, -0.2) is 0 Å². The Kier molecular flexibility index (Phi) is 20.4. The van der Waals surface area contributed by atoms with Crippen LogP contribution in [-0.4, -0.2) is 144 Å². The molecule has 1 saturated heterocycles. The van der Waals surface area contributed by atoms with Gasteiger partial charge in [-0.2, -0.15) is 0 Å². The molecule has 1 atom stereocenters. The topological polar surface area (TPSA) is 171 Å². The zero-order valence-corrected chi connectivity index (χ0v) is 38.6. The van der Waals surface area contributed by atoms with Gasteiger partial charge in [0.25, 0.3) is 11.8 Å². The average molecular weight is 940 g/mol. The summed E-state index contributed by atoms with van der Waals surface area (Å²) in [4.78, 5) is 65.4. The second-order valence-electron chi connectivity index (χ2n) is 15.6. The van der Waals surface area contributed by atoms with E-state index >= 15 is 0 Å². The molecule has 2 aliphatic rings. The molecule has 2 heterocycles. The first kappa shape index (κ1) is 50.5. The summed E-state index contributed by atoms with van der Waals surface area (Å²) >= 11 is 6.30. The third-order valence-electron chi connectivity index (χ3n) is 11.1. The fourth-order valence-corrected chi connectivity index (χ4v) is 7.85. The second-order valence-corrected chi connectivity index (χ2v) is 16.0. The number of rotatable bonds is 29. The van der Waals surface area contributed by atoms with E-state index < -0.39 is 29.7 Å². The molecule has 5 amide bonds. The Morgan fingerprint density at radius 1 is 0.672 bits per heavy atom. The van der Waals surface area contributed by atoms with Crippen molar-refractivity contribution in [2.75, 3.05) is 104 Å². The van der Waals surface area contributed by atoms with Crippen molar-refractivity contribution in [1.82, 2.24) is 15.1 Å². The van der Waals surface area contributed by atoms with E-state index in [9.17, 15) is 24.0 Å². The smallest absolute Gasteiger partial charge is 0.264 e. The number of ether oxygens (including phenoxy) is 6. The highest BCUT2D eigenvalue weighted by molar-refractivity contribution is 6.25. The predicted molar refractivity (Wildman–Crippen MR) is 254 cm³/mol. The number of piperidine rings is 1. The van der Waals surface area contributed by atoms with Gasteiger partial charge in [0.1, 0.15) is 18.4 Å². The Bertz CT molecular complexity index is 2280. The van der Waals surface area contributed by atoms with Crippen molar-refractivity contribution in [3.63, 3.8) is 0 Å². The number of hydrogen-bond acceptors (Lipinski definition) is 12. The number of benzene rings is 4. The lowest BCUT2D eigenvalue weighted by atomic mass is 9.88. The Morgan fingerprint density at radius 3 is 1.87 bits per heavy atom. The largest absolute Gasteiger partial charge is 0.492 e. The van der Waals surface area contributed by atoms with Gasteiger partial charge in [0.05, 0.1) is 90.2 Å². The number of alkyl halides is 1. The highest BCUT2D eigenvalue weighted by Gasteiger charge is 2.45. The molecule has 0 saturated carbocycles. The van der Waals surface area contributed by atoms with E-state index in [0.717, 1.165) is 39.3 Å². The number of fused-ring (bicyclic) bond motifs is 1. The Balaban J connectivity index is 0.749. The quantitative estimate of drug-likeness (QED) is 0.0278. The van der Waals surface area contributed by atoms with Crippen LogP contribution in [0.4, 0.5) is 5.69 Å². The summed E-state index contributed by atoms with van der Waals surface area (Å²) in [7, 11) is 1.76. The third-order valence-corrected chi connectivity index (χ3v) is 11.3. The van der Waals surface area contributed by atoms with Gasteiger partial charge in [0.2, 0.25) is 17.7 Å². The molecule has 6 rings (SSSR count). The second kappa shape index (κ2) is 27.0. The summed E-state index contributed by atoms with van der Waals surface area (Å²) in [6.45, 7) is 4.84. The zero-order valence-electron chi connectivity index (χ0n) is 37.9. The molecule has 0 aromatic heterocycles. The highest BCUT2D eigenvalue weighted by Crippen LogP contribution is 2.36. The number of nitrogens with zero attached hydrogens (tertiary/aromatic N) is 2. The van der Waals surface area contributed by atoms with Crippen LogP contribution in [0, 0.1) is 0 Å². The maximum Gasteiger partial charge on any atom is 0.264 e. The molecule has 0 aliphatic carbocycles. The molecule has 0 radical (unpaired) electrons. The van der Waals surface area contributed by atoms with Gasteiger partial charge in [-0.15, -0.1) is 11.6 Å². The van der Waals surface area contributed by atoms with Crippen LogP contribution in [0.1, 0.15) is 63.1 Å². The monoisotopic (exact) mass is 938 g/mol. The third kappa shape index (κ3) is 14.8. The van der Waals surface area contributed by atoms with Crippen molar-refractivity contribution in [3.8, 4) is 5.75 Å². The zero-order chi connectivity index (χ0) is 47.2. The first-order valence-electron chi connectivity index (χ1n) is 22.6. The molecule has 4 aromatic carbocycles. The van der Waals surface area contributed by atoms with Crippen LogP contribution >= 0.6 is 11.6 Å². The van der Waals surface area contributed by atoms with Crippen LogP contribution in [0.25, 0.3) is 11.1 Å². The maximum atomic E-state index is 13.2. The number of carbonyl (C=O) groups excluding carboxylic acids is 5. The number of nitrogens with one attached hydrogen (secondary N) is 2. The van der Waals surface area contributed by atoms with Crippen LogP contribution < -0.4 is 15.4 Å². The summed E-state index contributed by atoms with van der Waals surface area (Å²) in [6, 6.07) is 32.6. The molecule has 2 N–H and O–H groups in total. The highest BCUT2D eigenvalue weighted by atomic mass is 35.5. The molecular formula is C51H59ClN4O11. The SMILES string of the molecule is CN(CCOc1ccc(C(=C(CCCl)c2ccccc2)c2ccccc2)cc1)C(=O)CCOCCOCCOCCOCCOCCNc1cccc2c1C(=O)N(C1CCC(=O)NC1=O)C2=O. The molecule has 4 aromatic rings. The van der Waals surface area contributed by atoms with Crippen LogP contribution in [0.2, 0.25) is 0 Å². The fourth-order valence-electron chi connectivity index (χ4n) is 7.66. The number of carbonyl (C=O) groups is 5. The van der Waals surface area contributed by atoms with E-state index in [4.69, 9.17) is 40.0 Å². The molecular weight excluding hydrogens is 880 g/mol. The Morgan fingerprint density at radius 2 is 1.25 bits per heavy atom. The molecule has 2 aliphatic heterocycles. The first-order valence-corrected chi connectivity index (χ1v) is 23.1. The van der Waals surface area contributed by atoms with Crippen LogP contribution in [0.5, 0.6) is 5.75 Å². The van der Waals surface area contributed by atoms with Crippen molar-refractivity contribution in [2.24, 2.45) is 0 Å². The molecule has 0 bridgehead atoms. The number of halogens is 1. The van der Waals surface area contributed by atoms with E-state index in [-0.39, 0.29) is 36.3 Å². The maximum absolute atomic E-state index is 13.2. The first-order chi connectivity index (χ1) is 32.8. The summed E-state index contributed by atoms with van der Waals surface area (Å²) in [5.74, 6) is -0.995. The summed E-state index contributed by atoms with van der Waals surface area (Å²) in [6.07, 6.45) is 1.14. The molecule has 1 unspecified atom stereocenters. The van der Waals surface area contributed by atoms with Crippen LogP contribution in [0.3, 0.4) is 0 Å². The predicted octanol–water partition coefficient (Wildman–Crippen LogP) is 6.10. The standard InChI is InChI=1S/C51H59ClN4O11/c1-55(25-28-67-40-17-15-39(16-18-40)47(38-11-6-3-7-12-38)41(21-23-52)37-9-4-2-5-10-37)46(58)22-26-62-29-31-64-33-35-66-36-34-65-32-30-63-27-24-53-43-14-8-13-42-48(43)51(61)56(50(42)60)44-19-20-45(57)54-49(44)59/h2-18,44,53H,19-36H2,1H3,(H,54,57,59).